The van der Waals surface area contributed by atoms with Crippen molar-refractivity contribution in [3.05, 3.63) is 59.2 Å². The second kappa shape index (κ2) is 6.24. The average molecular weight is 309 g/mol. The Labute approximate surface area is 135 Å². The van der Waals surface area contributed by atoms with Crippen LogP contribution in [0.1, 0.15) is 27.9 Å². The summed E-state index contributed by atoms with van der Waals surface area (Å²) < 4.78 is 5.62. The fourth-order valence-electron chi connectivity index (χ4n) is 2.70. The van der Waals surface area contributed by atoms with Crippen LogP contribution in [0.25, 0.3) is 0 Å². The van der Waals surface area contributed by atoms with Crippen molar-refractivity contribution >= 4 is 17.4 Å². The maximum absolute atomic E-state index is 12.5. The third-order valence-corrected chi connectivity index (χ3v) is 4.20. The first-order chi connectivity index (χ1) is 11.1. The predicted molar refractivity (Wildman–Crippen MR) is 89.2 cm³/mol. The van der Waals surface area contributed by atoms with Crippen LogP contribution in [0.4, 0.5) is 5.69 Å². The summed E-state index contributed by atoms with van der Waals surface area (Å²) in [7, 11) is 0. The molecular formula is C19H19NO3. The van der Waals surface area contributed by atoms with Crippen molar-refractivity contribution in [3.8, 4) is 5.75 Å². The number of ketones is 1. The quantitative estimate of drug-likeness (QED) is 0.874. The molecule has 2 aromatic carbocycles. The number of ether oxygens (including phenoxy) is 1. The summed E-state index contributed by atoms with van der Waals surface area (Å²) in [5, 5.41) is 0. The predicted octanol–water partition coefficient (Wildman–Crippen LogP) is 3.30. The first kappa shape index (κ1) is 15.3. The van der Waals surface area contributed by atoms with Crippen molar-refractivity contribution in [2.45, 2.75) is 20.3 Å². The van der Waals surface area contributed by atoms with E-state index in [0.29, 0.717) is 30.0 Å². The van der Waals surface area contributed by atoms with Gasteiger partial charge in [-0.05, 0) is 49.2 Å². The number of carbonyl (C=O) groups is 2. The van der Waals surface area contributed by atoms with Gasteiger partial charge >= 0.3 is 0 Å². The van der Waals surface area contributed by atoms with E-state index in [0.717, 1.165) is 5.56 Å². The fourth-order valence-corrected chi connectivity index (χ4v) is 2.70. The first-order valence-electron chi connectivity index (χ1n) is 7.69. The summed E-state index contributed by atoms with van der Waals surface area (Å²) >= 11 is 0. The number of nitrogens with zero attached hydrogens (tertiary/aromatic N) is 1. The number of amides is 1. The molecule has 0 aromatic heterocycles. The van der Waals surface area contributed by atoms with E-state index >= 15 is 0 Å². The lowest BCUT2D eigenvalue weighted by Gasteiger charge is -2.28. The van der Waals surface area contributed by atoms with Crippen LogP contribution in [0, 0.1) is 13.8 Å². The summed E-state index contributed by atoms with van der Waals surface area (Å²) in [4.78, 5) is 26.1. The minimum atomic E-state index is -0.136. The van der Waals surface area contributed by atoms with Crippen LogP contribution in [-0.2, 0) is 4.79 Å². The molecule has 0 radical (unpaired) electrons. The van der Waals surface area contributed by atoms with Crippen molar-refractivity contribution in [2.75, 3.05) is 18.1 Å². The molecule has 0 spiro atoms. The Kier molecular flexibility index (Phi) is 4.15. The minimum Gasteiger partial charge on any atom is -0.484 e. The Hall–Kier alpha value is -2.62. The molecule has 0 atom stereocenters. The van der Waals surface area contributed by atoms with Crippen molar-refractivity contribution < 1.29 is 14.3 Å². The van der Waals surface area contributed by atoms with E-state index in [4.69, 9.17) is 4.74 Å². The molecule has 1 heterocycles. The molecule has 1 aliphatic rings. The van der Waals surface area contributed by atoms with Crippen LogP contribution in [-0.4, -0.2) is 24.8 Å². The van der Waals surface area contributed by atoms with Crippen molar-refractivity contribution in [2.24, 2.45) is 0 Å². The topological polar surface area (TPSA) is 46.6 Å². The van der Waals surface area contributed by atoms with E-state index in [-0.39, 0.29) is 18.3 Å². The van der Waals surface area contributed by atoms with Gasteiger partial charge in [0.05, 0.1) is 5.69 Å². The molecule has 0 bridgehead atoms. The molecule has 0 N–H and O–H groups in total. The second-order valence-electron chi connectivity index (χ2n) is 5.77. The molecule has 0 saturated carbocycles. The third-order valence-electron chi connectivity index (χ3n) is 4.20. The molecule has 3 rings (SSSR count). The number of benzene rings is 2. The molecule has 2 aromatic rings. The number of hydrogen-bond acceptors (Lipinski definition) is 3. The smallest absolute Gasteiger partial charge is 0.264 e. The number of Topliss-reactive ketones (excluding diaryl/α,β-unsaturated/α-hetero) is 1. The van der Waals surface area contributed by atoms with Gasteiger partial charge in [0.25, 0.3) is 5.91 Å². The zero-order valence-corrected chi connectivity index (χ0v) is 13.3. The van der Waals surface area contributed by atoms with Crippen LogP contribution >= 0.6 is 0 Å². The van der Waals surface area contributed by atoms with Gasteiger partial charge in [0, 0.05) is 18.5 Å². The Morgan fingerprint density at radius 2 is 1.91 bits per heavy atom. The van der Waals surface area contributed by atoms with E-state index < -0.39 is 0 Å². The number of fused-ring (bicyclic) bond motifs is 1. The Balaban J connectivity index is 1.73. The van der Waals surface area contributed by atoms with E-state index in [1.165, 1.54) is 5.56 Å². The highest BCUT2D eigenvalue weighted by Crippen LogP contribution is 2.27. The highest BCUT2D eigenvalue weighted by molar-refractivity contribution is 6.09. The summed E-state index contributed by atoms with van der Waals surface area (Å²) in [5.41, 5.74) is 3.60. The summed E-state index contributed by atoms with van der Waals surface area (Å²) in [5.74, 6) is 0.630. The maximum Gasteiger partial charge on any atom is 0.264 e. The fraction of sp³-hybridized carbons (Fsp3) is 0.263. The number of anilines is 1. The number of carbonyl (C=O) groups excluding carboxylic acids is 2. The molecule has 118 valence electrons. The molecular weight excluding hydrogens is 290 g/mol. The molecule has 0 fully saturated rings. The van der Waals surface area contributed by atoms with Crippen molar-refractivity contribution in [1.29, 1.82) is 0 Å². The molecule has 0 aliphatic carbocycles. The summed E-state index contributed by atoms with van der Waals surface area (Å²) in [6, 6.07) is 13.0. The van der Waals surface area contributed by atoms with E-state index in [9.17, 15) is 9.59 Å². The number of aryl methyl sites for hydroxylation is 2. The van der Waals surface area contributed by atoms with E-state index in [2.05, 4.69) is 0 Å². The Morgan fingerprint density at radius 3 is 2.70 bits per heavy atom. The zero-order chi connectivity index (χ0) is 16.4. The van der Waals surface area contributed by atoms with Gasteiger partial charge < -0.3 is 9.64 Å². The van der Waals surface area contributed by atoms with Crippen LogP contribution in [0.15, 0.2) is 42.5 Å². The van der Waals surface area contributed by atoms with Gasteiger partial charge in [0.15, 0.2) is 12.4 Å². The maximum atomic E-state index is 12.5. The van der Waals surface area contributed by atoms with Gasteiger partial charge in [-0.25, -0.2) is 0 Å². The van der Waals surface area contributed by atoms with Crippen molar-refractivity contribution in [1.82, 2.24) is 0 Å². The zero-order valence-electron chi connectivity index (χ0n) is 13.3. The third kappa shape index (κ3) is 3.11. The lowest BCUT2D eigenvalue weighted by molar-refractivity contribution is -0.120. The average Bonchev–Trinajstić information content (AvgIpc) is 2.56. The van der Waals surface area contributed by atoms with E-state index in [1.807, 2.05) is 44.2 Å². The molecule has 0 unspecified atom stereocenters. The van der Waals surface area contributed by atoms with Gasteiger partial charge in [0.1, 0.15) is 5.75 Å². The molecule has 0 saturated heterocycles. The normalized spacial score (nSPS) is 13.7. The molecule has 1 aliphatic heterocycles. The number of rotatable bonds is 3. The standard InChI is InChI=1S/C19H19NO3/c1-13-7-8-15(11-14(13)2)23-12-19(22)20-10-9-18(21)16-5-3-4-6-17(16)20/h3-8,11H,9-10,12H2,1-2H3. The monoisotopic (exact) mass is 309 g/mol. The van der Waals surface area contributed by atoms with Crippen LogP contribution in [0.3, 0.4) is 0 Å². The van der Waals surface area contributed by atoms with Gasteiger partial charge in [-0.3, -0.25) is 9.59 Å². The van der Waals surface area contributed by atoms with Crippen LogP contribution < -0.4 is 9.64 Å². The first-order valence-corrected chi connectivity index (χ1v) is 7.69. The lowest BCUT2D eigenvalue weighted by Crippen LogP contribution is -2.40. The molecule has 4 heteroatoms. The highest BCUT2D eigenvalue weighted by atomic mass is 16.5. The SMILES string of the molecule is Cc1ccc(OCC(=O)N2CCC(=O)c3ccccc32)cc1C. The minimum absolute atomic E-state index is 0.0367. The number of para-hydroxylation sites is 1. The van der Waals surface area contributed by atoms with Gasteiger partial charge in [-0.2, -0.15) is 0 Å². The van der Waals surface area contributed by atoms with Crippen LogP contribution in [0.5, 0.6) is 5.75 Å². The van der Waals surface area contributed by atoms with Gasteiger partial charge in [-0.1, -0.05) is 18.2 Å². The Morgan fingerprint density at radius 1 is 1.13 bits per heavy atom. The number of hydrogen-bond donors (Lipinski definition) is 0. The van der Waals surface area contributed by atoms with Crippen LogP contribution in [0.2, 0.25) is 0 Å². The largest absolute Gasteiger partial charge is 0.484 e. The van der Waals surface area contributed by atoms with Gasteiger partial charge in [0.2, 0.25) is 0 Å². The lowest BCUT2D eigenvalue weighted by atomic mass is 10.0. The molecule has 4 nitrogen and oxygen atoms in total. The highest BCUT2D eigenvalue weighted by Gasteiger charge is 2.26. The van der Waals surface area contributed by atoms with E-state index in [1.54, 1.807) is 17.0 Å². The molecule has 1 amide bonds. The second-order valence-corrected chi connectivity index (χ2v) is 5.77. The summed E-state index contributed by atoms with van der Waals surface area (Å²) in [6.07, 6.45) is 0.354. The van der Waals surface area contributed by atoms with Crippen molar-refractivity contribution in [3.63, 3.8) is 0 Å². The van der Waals surface area contributed by atoms with Gasteiger partial charge in [-0.15, -0.1) is 0 Å². The molecule has 23 heavy (non-hydrogen) atoms. The summed E-state index contributed by atoms with van der Waals surface area (Å²) in [6.45, 7) is 4.42. The Bertz CT molecular complexity index is 767.